The molecule has 4 rings (SSSR count). The largest absolute Gasteiger partial charge is 0.495 e. The summed E-state index contributed by atoms with van der Waals surface area (Å²) in [6.45, 7) is 0. The molecule has 35 heavy (non-hydrogen) atoms. The first-order chi connectivity index (χ1) is 17.0. The van der Waals surface area contributed by atoms with Gasteiger partial charge in [0.05, 0.1) is 18.3 Å². The van der Waals surface area contributed by atoms with Crippen molar-refractivity contribution >= 4 is 29.2 Å². The number of rotatable bonds is 8. The molecular weight excluding hydrogens is 470 g/mol. The van der Waals surface area contributed by atoms with Gasteiger partial charge in [0.1, 0.15) is 17.1 Å². The van der Waals surface area contributed by atoms with Crippen molar-refractivity contribution in [1.82, 2.24) is 9.97 Å². The summed E-state index contributed by atoms with van der Waals surface area (Å²) in [5.41, 5.74) is 0.953. The fourth-order valence-electron chi connectivity index (χ4n) is 3.17. The number of hydrogen-bond acceptors (Lipinski definition) is 7. The van der Waals surface area contributed by atoms with E-state index in [2.05, 4.69) is 15.3 Å². The summed E-state index contributed by atoms with van der Waals surface area (Å²) in [6, 6.07) is 19.9. The van der Waals surface area contributed by atoms with Crippen LogP contribution < -0.4 is 14.8 Å². The van der Waals surface area contributed by atoms with E-state index in [9.17, 15) is 9.59 Å². The van der Waals surface area contributed by atoms with Crippen LogP contribution >= 0.6 is 11.6 Å². The smallest absolute Gasteiger partial charge is 0.344 e. The number of carbonyl (C=O) groups excluding carboxylic acids is 2. The fourth-order valence-corrected chi connectivity index (χ4v) is 3.43. The summed E-state index contributed by atoms with van der Waals surface area (Å²) in [4.78, 5) is 34.5. The van der Waals surface area contributed by atoms with Crippen LogP contribution in [-0.2, 0) is 9.53 Å². The van der Waals surface area contributed by atoms with Crippen LogP contribution in [0, 0.1) is 0 Å². The number of anilines is 1. The highest BCUT2D eigenvalue weighted by Gasteiger charge is 2.28. The number of nitrogens with zero attached hydrogens (tertiary/aromatic N) is 2. The molecule has 0 bridgehead atoms. The number of amides is 1. The fraction of sp³-hybridized carbons (Fsp3) is 0.0769. The lowest BCUT2D eigenvalue weighted by molar-refractivity contribution is -0.125. The van der Waals surface area contributed by atoms with E-state index in [1.165, 1.54) is 25.6 Å². The number of halogens is 1. The van der Waals surface area contributed by atoms with E-state index in [1.54, 1.807) is 72.9 Å². The third-order valence-electron chi connectivity index (χ3n) is 4.82. The van der Waals surface area contributed by atoms with Gasteiger partial charge >= 0.3 is 5.97 Å². The minimum Gasteiger partial charge on any atom is -0.495 e. The van der Waals surface area contributed by atoms with Crippen LogP contribution in [0.4, 0.5) is 5.69 Å². The first-order valence-corrected chi connectivity index (χ1v) is 10.9. The molecule has 8 nitrogen and oxygen atoms in total. The summed E-state index contributed by atoms with van der Waals surface area (Å²) in [5.74, 6) is -0.458. The van der Waals surface area contributed by atoms with Crippen molar-refractivity contribution in [3.05, 3.63) is 108 Å². The number of methoxy groups -OCH3 is 1. The number of nitrogens with one attached hydrogen (secondary N) is 1. The number of hydrogen-bond donors (Lipinski definition) is 1. The second-order valence-corrected chi connectivity index (χ2v) is 7.59. The Morgan fingerprint density at radius 3 is 2.49 bits per heavy atom. The number of aromatic nitrogens is 2. The van der Waals surface area contributed by atoms with Gasteiger partial charge in [0.15, 0.2) is 0 Å². The van der Waals surface area contributed by atoms with Crippen LogP contribution in [0.5, 0.6) is 17.4 Å². The Kier molecular flexibility index (Phi) is 7.54. The van der Waals surface area contributed by atoms with Gasteiger partial charge in [0.2, 0.25) is 12.0 Å². The van der Waals surface area contributed by atoms with Gasteiger partial charge in [-0.25, -0.2) is 9.78 Å². The molecule has 0 radical (unpaired) electrons. The summed E-state index contributed by atoms with van der Waals surface area (Å²) in [5, 5.41) is 3.06. The highest BCUT2D eigenvalue weighted by atomic mass is 35.5. The molecule has 2 aromatic carbocycles. The van der Waals surface area contributed by atoms with Gasteiger partial charge in [-0.05, 0) is 42.5 Å². The van der Waals surface area contributed by atoms with Crippen LogP contribution in [-0.4, -0.2) is 29.0 Å². The summed E-state index contributed by atoms with van der Waals surface area (Å²) in [6.07, 6.45) is 3.32. The second-order valence-electron chi connectivity index (χ2n) is 7.18. The summed E-state index contributed by atoms with van der Waals surface area (Å²) < 4.78 is 16.5. The molecule has 0 fully saturated rings. The SMILES string of the molecule is COc1ccc(NC(=O)C(OC(=O)c2cccnc2Oc2cccnc2)c2ccccc2)cc1Cl. The maximum atomic E-state index is 13.2. The number of benzene rings is 2. The van der Waals surface area contributed by atoms with E-state index in [-0.39, 0.29) is 11.4 Å². The monoisotopic (exact) mass is 489 g/mol. The normalized spacial score (nSPS) is 11.3. The van der Waals surface area contributed by atoms with E-state index in [1.807, 2.05) is 0 Å². The highest BCUT2D eigenvalue weighted by Crippen LogP contribution is 2.29. The number of ether oxygens (including phenoxy) is 3. The average molecular weight is 490 g/mol. The zero-order valence-corrected chi connectivity index (χ0v) is 19.3. The topological polar surface area (TPSA) is 99.6 Å². The maximum absolute atomic E-state index is 13.2. The van der Waals surface area contributed by atoms with Crippen LogP contribution in [0.3, 0.4) is 0 Å². The molecule has 1 N–H and O–H groups in total. The van der Waals surface area contributed by atoms with Gasteiger partial charge in [-0.2, -0.15) is 0 Å². The molecule has 9 heteroatoms. The van der Waals surface area contributed by atoms with Gasteiger partial charge in [0.25, 0.3) is 5.91 Å². The number of pyridine rings is 2. The van der Waals surface area contributed by atoms with Crippen molar-refractivity contribution in [2.45, 2.75) is 6.10 Å². The molecule has 2 heterocycles. The molecule has 4 aromatic rings. The molecule has 1 unspecified atom stereocenters. The molecule has 2 aromatic heterocycles. The Balaban J connectivity index is 1.58. The molecular formula is C26H20ClN3O5. The zero-order valence-electron chi connectivity index (χ0n) is 18.6. The van der Waals surface area contributed by atoms with Crippen LogP contribution in [0.25, 0.3) is 0 Å². The lowest BCUT2D eigenvalue weighted by Crippen LogP contribution is -2.26. The second kappa shape index (κ2) is 11.1. The molecule has 176 valence electrons. The maximum Gasteiger partial charge on any atom is 0.344 e. The predicted molar refractivity (Wildman–Crippen MR) is 130 cm³/mol. The van der Waals surface area contributed by atoms with Gasteiger partial charge in [-0.1, -0.05) is 41.9 Å². The quantitative estimate of drug-likeness (QED) is 0.328. The first-order valence-electron chi connectivity index (χ1n) is 10.5. The third-order valence-corrected chi connectivity index (χ3v) is 5.12. The Labute approximate surface area is 206 Å². The van der Waals surface area contributed by atoms with Crippen molar-refractivity contribution < 1.29 is 23.8 Å². The average Bonchev–Trinajstić information content (AvgIpc) is 2.88. The molecule has 0 aliphatic rings. The number of carbonyl (C=O) groups is 2. The van der Waals surface area contributed by atoms with E-state index in [0.717, 1.165) is 0 Å². The van der Waals surface area contributed by atoms with E-state index in [0.29, 0.717) is 27.8 Å². The third kappa shape index (κ3) is 5.93. The van der Waals surface area contributed by atoms with Gasteiger partial charge in [-0.3, -0.25) is 9.78 Å². The minimum atomic E-state index is -1.25. The molecule has 0 spiro atoms. The summed E-state index contributed by atoms with van der Waals surface area (Å²) >= 11 is 6.17. The Bertz CT molecular complexity index is 1320. The summed E-state index contributed by atoms with van der Waals surface area (Å²) in [7, 11) is 1.50. The molecule has 1 atom stereocenters. The lowest BCUT2D eigenvalue weighted by Gasteiger charge is -2.19. The number of esters is 1. The zero-order chi connectivity index (χ0) is 24.6. The van der Waals surface area contributed by atoms with Crippen molar-refractivity contribution in [3.8, 4) is 17.4 Å². The van der Waals surface area contributed by atoms with Crippen LogP contribution in [0.1, 0.15) is 22.0 Å². The van der Waals surface area contributed by atoms with Crippen LogP contribution in [0.2, 0.25) is 5.02 Å². The first kappa shape index (κ1) is 23.7. The Morgan fingerprint density at radius 1 is 0.971 bits per heavy atom. The standard InChI is InChI=1S/C26H20ClN3O5/c1-33-22-12-11-18(15-21(22)27)30-24(31)23(17-7-3-2-4-8-17)35-26(32)20-10-6-14-29-25(20)34-19-9-5-13-28-16-19/h2-16,23H,1H3,(H,30,31). The molecule has 0 aliphatic carbocycles. The molecule has 0 saturated heterocycles. The van der Waals surface area contributed by atoms with Gasteiger partial charge in [-0.15, -0.1) is 0 Å². The lowest BCUT2D eigenvalue weighted by atomic mass is 10.1. The van der Waals surface area contributed by atoms with E-state index < -0.39 is 18.0 Å². The predicted octanol–water partition coefficient (Wildman–Crippen LogP) is 5.47. The van der Waals surface area contributed by atoms with Crippen molar-refractivity contribution in [2.75, 3.05) is 12.4 Å². The van der Waals surface area contributed by atoms with Crippen molar-refractivity contribution in [3.63, 3.8) is 0 Å². The molecule has 1 amide bonds. The molecule has 0 saturated carbocycles. The Hall–Kier alpha value is -4.43. The minimum absolute atomic E-state index is 0.0275. The highest BCUT2D eigenvalue weighted by molar-refractivity contribution is 6.32. The van der Waals surface area contributed by atoms with Crippen molar-refractivity contribution in [1.29, 1.82) is 0 Å². The van der Waals surface area contributed by atoms with Crippen LogP contribution in [0.15, 0.2) is 91.4 Å². The van der Waals surface area contributed by atoms with Crippen molar-refractivity contribution in [2.24, 2.45) is 0 Å². The van der Waals surface area contributed by atoms with E-state index in [4.69, 9.17) is 25.8 Å². The molecule has 0 aliphatic heterocycles. The van der Waals surface area contributed by atoms with E-state index >= 15 is 0 Å². The van der Waals surface area contributed by atoms with Gasteiger partial charge < -0.3 is 19.5 Å². The van der Waals surface area contributed by atoms with Gasteiger partial charge in [0, 0.05) is 23.6 Å². The Morgan fingerprint density at radius 2 is 1.77 bits per heavy atom.